The second-order valence-corrected chi connectivity index (χ2v) is 7.55. The lowest BCUT2D eigenvalue weighted by atomic mass is 9.82. The third-order valence-electron chi connectivity index (χ3n) is 5.68. The topological polar surface area (TPSA) is 72.2 Å². The van der Waals surface area contributed by atoms with Crippen LogP contribution < -0.4 is 5.43 Å². The zero-order valence-electron chi connectivity index (χ0n) is 16.8. The van der Waals surface area contributed by atoms with Gasteiger partial charge in [0, 0.05) is 30.2 Å². The molecule has 1 aliphatic rings. The van der Waals surface area contributed by atoms with E-state index >= 15 is 0 Å². The van der Waals surface area contributed by atoms with Gasteiger partial charge in [0.15, 0.2) is 0 Å². The average molecular weight is 422 g/mol. The van der Waals surface area contributed by atoms with E-state index in [-0.39, 0.29) is 28.3 Å². The minimum absolute atomic E-state index is 0.0429. The molecule has 0 spiro atoms. The number of rotatable bonds is 5. The van der Waals surface area contributed by atoms with E-state index in [4.69, 9.17) is 0 Å². The summed E-state index contributed by atoms with van der Waals surface area (Å²) in [4.78, 5) is 27.8. The second-order valence-electron chi connectivity index (χ2n) is 7.55. The van der Waals surface area contributed by atoms with Crippen LogP contribution in [0.2, 0.25) is 0 Å². The van der Waals surface area contributed by atoms with Crippen LogP contribution in [-0.2, 0) is 6.54 Å². The maximum Gasteiger partial charge on any atom is 0.341 e. The first-order chi connectivity index (χ1) is 14.9. The molecule has 0 amide bonds. The van der Waals surface area contributed by atoms with E-state index in [9.17, 15) is 23.5 Å². The summed E-state index contributed by atoms with van der Waals surface area (Å²) in [5, 5.41) is 9.48. The predicted octanol–water partition coefficient (Wildman–Crippen LogP) is 4.67. The Bertz CT molecular complexity index is 1280. The summed E-state index contributed by atoms with van der Waals surface area (Å²) >= 11 is 0. The lowest BCUT2D eigenvalue weighted by molar-refractivity contribution is 0.0694. The summed E-state index contributed by atoms with van der Waals surface area (Å²) in [6.45, 7) is 2.33. The monoisotopic (exact) mass is 422 g/mol. The van der Waals surface area contributed by atoms with Crippen molar-refractivity contribution < 1.29 is 18.7 Å². The van der Waals surface area contributed by atoms with E-state index in [0.717, 1.165) is 17.6 Å². The van der Waals surface area contributed by atoms with Crippen molar-refractivity contribution in [3.05, 3.63) is 94.1 Å². The summed E-state index contributed by atoms with van der Waals surface area (Å²) in [5.41, 5.74) is 0.716. The van der Waals surface area contributed by atoms with Crippen molar-refractivity contribution in [1.82, 2.24) is 9.55 Å². The van der Waals surface area contributed by atoms with Gasteiger partial charge in [-0.3, -0.25) is 4.79 Å². The number of aromatic nitrogens is 2. The number of hydrogen-bond donors (Lipinski definition) is 1. The third-order valence-corrected chi connectivity index (χ3v) is 5.68. The van der Waals surface area contributed by atoms with Crippen LogP contribution in [0.4, 0.5) is 8.78 Å². The van der Waals surface area contributed by atoms with Crippen molar-refractivity contribution in [1.29, 1.82) is 0 Å². The Hall–Kier alpha value is -3.61. The third kappa shape index (κ3) is 3.91. The van der Waals surface area contributed by atoms with Crippen molar-refractivity contribution >= 4 is 22.4 Å². The molecule has 2 aromatic heterocycles. The Morgan fingerprint density at radius 2 is 2.00 bits per heavy atom. The number of nitrogens with zero attached hydrogens (tertiary/aromatic N) is 2. The fourth-order valence-electron chi connectivity index (χ4n) is 4.07. The predicted molar refractivity (Wildman–Crippen MR) is 114 cm³/mol. The first-order valence-electron chi connectivity index (χ1n) is 9.96. The average Bonchev–Trinajstić information content (AvgIpc) is 2.76. The number of fused-ring (bicyclic) bond motifs is 1. The molecule has 2 atom stereocenters. The van der Waals surface area contributed by atoms with Crippen LogP contribution in [0.15, 0.2) is 65.7 Å². The van der Waals surface area contributed by atoms with Gasteiger partial charge in [-0.25, -0.2) is 14.2 Å². The number of aromatic carboxylic acids is 1. The van der Waals surface area contributed by atoms with Gasteiger partial charge in [0.25, 0.3) is 0 Å². The van der Waals surface area contributed by atoms with E-state index < -0.39 is 23.2 Å². The Kier molecular flexibility index (Phi) is 5.50. The highest BCUT2D eigenvalue weighted by atomic mass is 19.1. The van der Waals surface area contributed by atoms with Crippen LogP contribution in [0.5, 0.6) is 0 Å². The normalized spacial score (nSPS) is 18.2. The van der Waals surface area contributed by atoms with Gasteiger partial charge in [0.05, 0.1) is 5.52 Å². The quantitative estimate of drug-likeness (QED) is 0.607. The molecule has 2 unspecified atom stereocenters. The molecule has 0 saturated heterocycles. The summed E-state index contributed by atoms with van der Waals surface area (Å²) in [7, 11) is 0. The molecule has 0 saturated carbocycles. The zero-order valence-corrected chi connectivity index (χ0v) is 16.8. The van der Waals surface area contributed by atoms with E-state index in [1.165, 1.54) is 41.2 Å². The van der Waals surface area contributed by atoms with Gasteiger partial charge in [-0.15, -0.1) is 0 Å². The van der Waals surface area contributed by atoms with Crippen LogP contribution in [-0.4, -0.2) is 20.6 Å². The highest BCUT2D eigenvalue weighted by Crippen LogP contribution is 2.32. The molecule has 1 N–H and O–H groups in total. The van der Waals surface area contributed by atoms with Crippen molar-refractivity contribution in [2.24, 2.45) is 11.8 Å². The highest BCUT2D eigenvalue weighted by Gasteiger charge is 2.23. The number of halogens is 2. The van der Waals surface area contributed by atoms with E-state index in [2.05, 4.69) is 11.1 Å². The number of benzene rings is 1. The van der Waals surface area contributed by atoms with Gasteiger partial charge in [-0.05, 0) is 47.7 Å². The number of carbonyl (C=O) groups is 1. The number of para-hydroxylation sites is 1. The molecule has 7 heteroatoms. The standard InChI is InChI=1S/C24H20F2N2O3/c1-2-14-10-15(16-8-9-21(26)27-11-16)6-7-17(14)12-28-13-19(24(30)31)23(29)18-4-3-5-20(25)22(18)28/h3-11,13-14,17H,2,12H2,1H3,(H,30,31). The molecular weight excluding hydrogens is 402 g/mol. The molecule has 1 aliphatic carbocycles. The molecule has 2 heterocycles. The minimum Gasteiger partial charge on any atom is -0.477 e. The summed E-state index contributed by atoms with van der Waals surface area (Å²) in [6, 6.07) is 7.06. The van der Waals surface area contributed by atoms with Crippen LogP contribution in [0, 0.1) is 23.6 Å². The maximum atomic E-state index is 14.6. The Labute approximate surface area is 177 Å². The fraction of sp³-hybridized carbons (Fsp3) is 0.208. The number of carboxylic acids is 1. The molecular formula is C24H20F2N2O3. The zero-order chi connectivity index (χ0) is 22.1. The van der Waals surface area contributed by atoms with Crippen molar-refractivity contribution in [2.75, 3.05) is 0 Å². The lowest BCUT2D eigenvalue weighted by Crippen LogP contribution is -2.24. The molecule has 0 fully saturated rings. The van der Waals surface area contributed by atoms with Gasteiger partial charge in [0.1, 0.15) is 11.4 Å². The Balaban J connectivity index is 1.73. The largest absolute Gasteiger partial charge is 0.477 e. The van der Waals surface area contributed by atoms with E-state index in [1.807, 2.05) is 19.1 Å². The van der Waals surface area contributed by atoms with E-state index in [0.29, 0.717) is 6.54 Å². The summed E-state index contributed by atoms with van der Waals surface area (Å²) in [5.74, 6) is -2.43. The van der Waals surface area contributed by atoms with E-state index in [1.54, 1.807) is 6.07 Å². The Morgan fingerprint density at radius 3 is 2.68 bits per heavy atom. The molecule has 0 aliphatic heterocycles. The fourth-order valence-corrected chi connectivity index (χ4v) is 4.07. The minimum atomic E-state index is -1.35. The molecule has 5 nitrogen and oxygen atoms in total. The first kappa shape index (κ1) is 20.7. The van der Waals surface area contributed by atoms with Crippen LogP contribution in [0.1, 0.15) is 29.3 Å². The molecule has 3 aromatic rings. The smallest absolute Gasteiger partial charge is 0.341 e. The maximum absolute atomic E-state index is 14.6. The van der Waals surface area contributed by atoms with Crippen LogP contribution >= 0.6 is 0 Å². The van der Waals surface area contributed by atoms with Gasteiger partial charge in [-0.1, -0.05) is 31.2 Å². The van der Waals surface area contributed by atoms with Gasteiger partial charge in [0.2, 0.25) is 11.4 Å². The number of pyridine rings is 2. The van der Waals surface area contributed by atoms with Crippen molar-refractivity contribution in [3.8, 4) is 0 Å². The SMILES string of the molecule is CCC1C=C(c2ccc(F)nc2)C=CC1Cn1cc(C(=O)O)c(=O)c2cccc(F)c21. The van der Waals surface area contributed by atoms with Crippen LogP contribution in [0.25, 0.3) is 16.5 Å². The lowest BCUT2D eigenvalue weighted by Gasteiger charge is -2.27. The van der Waals surface area contributed by atoms with Crippen molar-refractivity contribution in [2.45, 2.75) is 19.9 Å². The second kappa shape index (κ2) is 8.26. The van der Waals surface area contributed by atoms with Crippen molar-refractivity contribution in [3.63, 3.8) is 0 Å². The molecule has 158 valence electrons. The molecule has 0 radical (unpaired) electrons. The van der Waals surface area contributed by atoms with Gasteiger partial charge >= 0.3 is 5.97 Å². The molecule has 1 aromatic carbocycles. The highest BCUT2D eigenvalue weighted by molar-refractivity contribution is 5.92. The van der Waals surface area contributed by atoms with Gasteiger partial charge < -0.3 is 9.67 Å². The summed E-state index contributed by atoms with van der Waals surface area (Å²) in [6.07, 6.45) is 9.45. The first-order valence-corrected chi connectivity index (χ1v) is 9.96. The number of carboxylic acid groups (broad SMARTS) is 1. The molecule has 0 bridgehead atoms. The number of allylic oxidation sites excluding steroid dienone is 4. The summed E-state index contributed by atoms with van der Waals surface area (Å²) < 4.78 is 29.3. The van der Waals surface area contributed by atoms with Crippen LogP contribution in [0.3, 0.4) is 0 Å². The Morgan fingerprint density at radius 1 is 1.19 bits per heavy atom. The number of hydrogen-bond acceptors (Lipinski definition) is 3. The molecule has 31 heavy (non-hydrogen) atoms. The van der Waals surface area contributed by atoms with Gasteiger partial charge in [-0.2, -0.15) is 4.39 Å². The molecule has 4 rings (SSSR count).